The molecule has 2 rings (SSSR count). The number of carboxylic acid groups (broad SMARTS) is 1. The largest absolute Gasteiger partial charge is 0.508 e. The molecule has 22 heavy (non-hydrogen) atoms. The minimum Gasteiger partial charge on any atom is -0.508 e. The molecule has 1 amide bonds. The van der Waals surface area contributed by atoms with Gasteiger partial charge >= 0.3 is 6.09 Å². The summed E-state index contributed by atoms with van der Waals surface area (Å²) in [5.74, 6) is 0.306. The van der Waals surface area contributed by atoms with E-state index >= 15 is 0 Å². The predicted molar refractivity (Wildman–Crippen MR) is 86.2 cm³/mol. The molecule has 0 aromatic heterocycles. The van der Waals surface area contributed by atoms with Gasteiger partial charge in [-0.05, 0) is 49.8 Å². The van der Waals surface area contributed by atoms with Gasteiger partial charge in [-0.2, -0.15) is 0 Å². The van der Waals surface area contributed by atoms with Gasteiger partial charge in [0.05, 0.1) is 0 Å². The summed E-state index contributed by atoms with van der Waals surface area (Å²) in [6, 6.07) is 7.42. The molecule has 0 heterocycles. The van der Waals surface area contributed by atoms with Crippen LogP contribution in [0, 0.1) is 0 Å². The Balaban J connectivity index is 0.000000224. The van der Waals surface area contributed by atoms with Crippen molar-refractivity contribution in [3.05, 3.63) is 29.8 Å². The molecule has 0 bridgehead atoms. The highest BCUT2D eigenvalue weighted by atomic mass is 16.4. The molecule has 0 aliphatic heterocycles. The summed E-state index contributed by atoms with van der Waals surface area (Å²) in [5, 5.41) is 28.4. The normalized spacial score (nSPS) is 14.8. The predicted octanol–water partition coefficient (Wildman–Crippen LogP) is 3.29. The van der Waals surface area contributed by atoms with E-state index in [2.05, 4.69) is 5.32 Å². The van der Waals surface area contributed by atoms with E-state index < -0.39 is 6.09 Å². The fraction of sp³-hybridized carbons (Fsp3) is 0.588. The Hall–Kier alpha value is -1.75. The van der Waals surface area contributed by atoms with E-state index in [0.29, 0.717) is 5.75 Å². The zero-order valence-electron chi connectivity index (χ0n) is 13.0. The van der Waals surface area contributed by atoms with Gasteiger partial charge in [-0.1, -0.05) is 31.4 Å². The molecule has 1 fully saturated rings. The third kappa shape index (κ3) is 8.52. The Labute approximate surface area is 132 Å². The van der Waals surface area contributed by atoms with Gasteiger partial charge in [0, 0.05) is 12.6 Å². The van der Waals surface area contributed by atoms with Crippen LogP contribution in [-0.4, -0.2) is 34.1 Å². The average Bonchev–Trinajstić information content (AvgIpc) is 2.51. The maximum Gasteiger partial charge on any atom is 0.404 e. The first kappa shape index (κ1) is 18.3. The van der Waals surface area contributed by atoms with Crippen molar-refractivity contribution in [3.63, 3.8) is 0 Å². The topological polar surface area (TPSA) is 89.8 Å². The molecule has 0 spiro atoms. The summed E-state index contributed by atoms with van der Waals surface area (Å²) < 4.78 is 0. The van der Waals surface area contributed by atoms with E-state index in [-0.39, 0.29) is 12.6 Å². The molecule has 1 aromatic rings. The van der Waals surface area contributed by atoms with E-state index in [0.717, 1.165) is 32.1 Å². The molecule has 0 atom stereocenters. The van der Waals surface area contributed by atoms with Crippen LogP contribution < -0.4 is 5.32 Å². The highest BCUT2D eigenvalue weighted by Crippen LogP contribution is 2.17. The number of phenolic OH excluding ortho intramolecular Hbond substituents is 1. The number of nitrogens with one attached hydrogen (secondary N) is 1. The summed E-state index contributed by atoms with van der Waals surface area (Å²) in [6.45, 7) is 0.262. The first-order chi connectivity index (χ1) is 10.6. The number of aryl methyl sites for hydroxylation is 1. The third-order valence-electron chi connectivity index (χ3n) is 3.74. The number of phenols is 1. The number of rotatable bonds is 5. The lowest BCUT2D eigenvalue weighted by molar-refractivity contribution is 0.186. The highest BCUT2D eigenvalue weighted by molar-refractivity contribution is 5.64. The molecule has 1 aliphatic carbocycles. The van der Waals surface area contributed by atoms with Gasteiger partial charge in [0.2, 0.25) is 0 Å². The van der Waals surface area contributed by atoms with Crippen LogP contribution in [0.1, 0.15) is 50.5 Å². The number of amides is 1. The van der Waals surface area contributed by atoms with E-state index in [9.17, 15) is 4.79 Å². The monoisotopic (exact) mass is 309 g/mol. The second-order valence-corrected chi connectivity index (χ2v) is 5.63. The fourth-order valence-corrected chi connectivity index (χ4v) is 2.53. The Morgan fingerprint density at radius 3 is 2.27 bits per heavy atom. The number of hydrogen-bond donors (Lipinski definition) is 4. The van der Waals surface area contributed by atoms with Crippen molar-refractivity contribution in [3.8, 4) is 5.75 Å². The summed E-state index contributed by atoms with van der Waals surface area (Å²) in [4.78, 5) is 10.2. The van der Waals surface area contributed by atoms with Gasteiger partial charge in [-0.25, -0.2) is 4.79 Å². The number of benzene rings is 1. The fourth-order valence-electron chi connectivity index (χ4n) is 2.53. The van der Waals surface area contributed by atoms with Gasteiger partial charge in [0.1, 0.15) is 5.75 Å². The molecule has 0 unspecified atom stereocenters. The van der Waals surface area contributed by atoms with Gasteiger partial charge in [0.15, 0.2) is 0 Å². The van der Waals surface area contributed by atoms with Crippen molar-refractivity contribution in [2.75, 3.05) is 6.61 Å². The van der Waals surface area contributed by atoms with E-state index in [4.69, 9.17) is 15.3 Å². The molecule has 1 aromatic carbocycles. The lowest BCUT2D eigenvalue weighted by Gasteiger charge is -2.20. The van der Waals surface area contributed by atoms with Crippen molar-refractivity contribution in [2.45, 2.75) is 57.4 Å². The van der Waals surface area contributed by atoms with E-state index in [1.165, 1.54) is 24.8 Å². The molecule has 124 valence electrons. The maximum absolute atomic E-state index is 10.2. The first-order valence-electron chi connectivity index (χ1n) is 8.00. The summed E-state index contributed by atoms with van der Waals surface area (Å²) >= 11 is 0. The molecule has 0 radical (unpaired) electrons. The van der Waals surface area contributed by atoms with Crippen LogP contribution in [0.3, 0.4) is 0 Å². The smallest absolute Gasteiger partial charge is 0.404 e. The second kappa shape index (κ2) is 10.9. The third-order valence-corrected chi connectivity index (χ3v) is 3.74. The molecule has 1 aliphatic rings. The highest BCUT2D eigenvalue weighted by Gasteiger charge is 2.14. The quantitative estimate of drug-likeness (QED) is 0.628. The van der Waals surface area contributed by atoms with Crippen LogP contribution >= 0.6 is 0 Å². The SMILES string of the molecule is O=C(O)NC1CCCCC1.OCCCCc1ccc(O)cc1. The minimum absolute atomic E-state index is 0.228. The van der Waals surface area contributed by atoms with Crippen molar-refractivity contribution in [1.82, 2.24) is 5.32 Å². The Morgan fingerprint density at radius 2 is 1.73 bits per heavy atom. The first-order valence-corrected chi connectivity index (χ1v) is 8.00. The van der Waals surface area contributed by atoms with Crippen LogP contribution in [0.25, 0.3) is 0 Å². The van der Waals surface area contributed by atoms with Crippen LogP contribution in [0.4, 0.5) is 4.79 Å². The van der Waals surface area contributed by atoms with Gasteiger partial charge in [-0.3, -0.25) is 0 Å². The number of hydrogen-bond acceptors (Lipinski definition) is 3. The Kier molecular flexibility index (Phi) is 9.07. The number of aromatic hydroxyl groups is 1. The standard InChI is InChI=1S/C10H14O2.C7H13NO2/c11-8-2-1-3-9-4-6-10(12)7-5-9;9-7(10)8-6-4-2-1-3-5-6/h4-7,11-12H,1-3,8H2;6,8H,1-5H2,(H,9,10). The number of aliphatic hydroxyl groups is 1. The second-order valence-electron chi connectivity index (χ2n) is 5.63. The number of unbranched alkanes of at least 4 members (excludes halogenated alkanes) is 1. The zero-order chi connectivity index (χ0) is 16.2. The lowest BCUT2D eigenvalue weighted by Crippen LogP contribution is -2.34. The average molecular weight is 309 g/mol. The lowest BCUT2D eigenvalue weighted by atomic mass is 9.96. The number of aliphatic hydroxyl groups excluding tert-OH is 1. The molecular weight excluding hydrogens is 282 g/mol. The number of carbonyl (C=O) groups is 1. The zero-order valence-corrected chi connectivity index (χ0v) is 13.0. The van der Waals surface area contributed by atoms with Gasteiger partial charge < -0.3 is 20.6 Å². The molecule has 1 saturated carbocycles. The Morgan fingerprint density at radius 1 is 1.09 bits per heavy atom. The van der Waals surface area contributed by atoms with Crippen molar-refractivity contribution < 1.29 is 20.1 Å². The van der Waals surface area contributed by atoms with Crippen molar-refractivity contribution in [2.24, 2.45) is 0 Å². The van der Waals surface area contributed by atoms with Crippen LogP contribution in [0.2, 0.25) is 0 Å². The molecule has 0 saturated heterocycles. The van der Waals surface area contributed by atoms with Gasteiger partial charge in [-0.15, -0.1) is 0 Å². The summed E-state index contributed by atoms with van der Waals surface area (Å²) in [7, 11) is 0. The molecule has 5 nitrogen and oxygen atoms in total. The Bertz CT molecular complexity index is 413. The minimum atomic E-state index is -0.882. The van der Waals surface area contributed by atoms with Crippen LogP contribution in [0.5, 0.6) is 5.75 Å². The van der Waals surface area contributed by atoms with Crippen molar-refractivity contribution in [1.29, 1.82) is 0 Å². The summed E-state index contributed by atoms with van der Waals surface area (Å²) in [6.07, 6.45) is 7.59. The van der Waals surface area contributed by atoms with E-state index in [1.54, 1.807) is 12.1 Å². The molecular formula is C17H27NO4. The maximum atomic E-state index is 10.2. The van der Waals surface area contributed by atoms with Crippen LogP contribution in [-0.2, 0) is 6.42 Å². The van der Waals surface area contributed by atoms with Crippen molar-refractivity contribution >= 4 is 6.09 Å². The van der Waals surface area contributed by atoms with Gasteiger partial charge in [0.25, 0.3) is 0 Å². The van der Waals surface area contributed by atoms with Crippen LogP contribution in [0.15, 0.2) is 24.3 Å². The molecule has 4 N–H and O–H groups in total. The summed E-state index contributed by atoms with van der Waals surface area (Å²) in [5.41, 5.74) is 1.21. The van der Waals surface area contributed by atoms with E-state index in [1.807, 2.05) is 12.1 Å². The molecule has 5 heteroatoms.